The van der Waals surface area contributed by atoms with Crippen LogP contribution < -0.4 is 4.74 Å². The van der Waals surface area contributed by atoms with Crippen molar-refractivity contribution in [1.82, 2.24) is 0 Å². The van der Waals surface area contributed by atoms with E-state index in [9.17, 15) is 0 Å². The Morgan fingerprint density at radius 3 is 2.48 bits per heavy atom. The number of hydrogen-bond donors (Lipinski definition) is 0. The van der Waals surface area contributed by atoms with E-state index in [1.165, 1.54) is 0 Å². The van der Waals surface area contributed by atoms with Gasteiger partial charge in [-0.1, -0.05) is 12.1 Å². The summed E-state index contributed by atoms with van der Waals surface area (Å²) in [6.45, 7) is 5.75. The van der Waals surface area contributed by atoms with Gasteiger partial charge in [-0.05, 0) is 26.0 Å². The van der Waals surface area contributed by atoms with Crippen molar-refractivity contribution < 1.29 is 18.9 Å². The van der Waals surface area contributed by atoms with Gasteiger partial charge in [0.25, 0.3) is 0 Å². The number of hydrogen-bond acceptors (Lipinski definition) is 4. The molecule has 0 unspecified atom stereocenters. The van der Waals surface area contributed by atoms with Crippen LogP contribution in [0.15, 0.2) is 24.3 Å². The molecule has 1 spiro atoms. The maximum Gasteiger partial charge on any atom is 0.184 e. The summed E-state index contributed by atoms with van der Waals surface area (Å²) in [5.74, 6) is 0.844. The Labute approximate surface area is 126 Å². The van der Waals surface area contributed by atoms with Gasteiger partial charge in [-0.2, -0.15) is 0 Å². The molecule has 2 aliphatic rings. The molecule has 0 bridgehead atoms. The van der Waals surface area contributed by atoms with Gasteiger partial charge in [0.05, 0.1) is 31.5 Å². The first kappa shape index (κ1) is 14.8. The number of rotatable bonds is 2. The Hall–Kier alpha value is -1.10. The third kappa shape index (κ3) is 3.23. The molecule has 4 nitrogen and oxygen atoms in total. The lowest BCUT2D eigenvalue weighted by molar-refractivity contribution is -0.293. The molecule has 2 aliphatic heterocycles. The molecule has 2 fully saturated rings. The van der Waals surface area contributed by atoms with E-state index in [1.807, 2.05) is 24.3 Å². The molecule has 0 saturated carbocycles. The Bertz CT molecular complexity index is 478. The fourth-order valence-electron chi connectivity index (χ4n) is 3.34. The first-order valence-electron chi connectivity index (χ1n) is 7.59. The molecule has 4 heteroatoms. The van der Waals surface area contributed by atoms with E-state index in [0.29, 0.717) is 0 Å². The molecule has 0 amide bonds. The normalized spacial score (nSPS) is 32.0. The highest BCUT2D eigenvalue weighted by Gasteiger charge is 2.45. The van der Waals surface area contributed by atoms with Crippen LogP contribution in [0, 0.1) is 0 Å². The van der Waals surface area contributed by atoms with E-state index in [1.54, 1.807) is 7.11 Å². The van der Waals surface area contributed by atoms with E-state index < -0.39 is 0 Å². The quantitative estimate of drug-likeness (QED) is 0.836. The first-order valence-corrected chi connectivity index (χ1v) is 7.59. The van der Waals surface area contributed by atoms with Crippen molar-refractivity contribution in [3.63, 3.8) is 0 Å². The monoisotopic (exact) mass is 292 g/mol. The Kier molecular flexibility index (Phi) is 3.95. The Balaban J connectivity index is 1.75. The van der Waals surface area contributed by atoms with Gasteiger partial charge in [-0.25, -0.2) is 0 Å². The molecule has 0 N–H and O–H groups in total. The van der Waals surface area contributed by atoms with Gasteiger partial charge in [0.2, 0.25) is 0 Å². The number of methoxy groups -OCH3 is 1. The second-order valence-corrected chi connectivity index (χ2v) is 6.56. The largest absolute Gasteiger partial charge is 0.497 e. The fourth-order valence-corrected chi connectivity index (χ4v) is 3.34. The molecule has 2 atom stereocenters. The van der Waals surface area contributed by atoms with Gasteiger partial charge in [-0.3, -0.25) is 0 Å². The standard InChI is InChI=1S/C17H24O4/c1-16(2)12-17(9-11-20-16)8-10-19-15(21-17)13-4-6-14(18-3)7-5-13/h4-7,15H,8-12H2,1-3H3/t15-,17-/m1/s1. The first-order chi connectivity index (χ1) is 10.0. The number of ether oxygens (including phenoxy) is 4. The zero-order chi connectivity index (χ0) is 14.9. The minimum Gasteiger partial charge on any atom is -0.497 e. The SMILES string of the molecule is COc1ccc([C@@H]2OCC[C@]3(CCOC(C)(C)C3)O2)cc1. The lowest BCUT2D eigenvalue weighted by Crippen LogP contribution is -2.50. The molecule has 0 aliphatic carbocycles. The summed E-state index contributed by atoms with van der Waals surface area (Å²) in [7, 11) is 1.67. The lowest BCUT2D eigenvalue weighted by Gasteiger charge is -2.48. The molecule has 0 radical (unpaired) electrons. The molecule has 21 heavy (non-hydrogen) atoms. The maximum absolute atomic E-state index is 6.37. The Morgan fingerprint density at radius 2 is 1.81 bits per heavy atom. The summed E-state index contributed by atoms with van der Waals surface area (Å²) < 4.78 is 23.2. The molecule has 2 saturated heterocycles. The smallest absolute Gasteiger partial charge is 0.184 e. The van der Waals surface area contributed by atoms with Gasteiger partial charge in [0, 0.05) is 24.8 Å². The van der Waals surface area contributed by atoms with Crippen molar-refractivity contribution in [2.45, 2.75) is 50.6 Å². The second-order valence-electron chi connectivity index (χ2n) is 6.56. The van der Waals surface area contributed by atoms with Gasteiger partial charge >= 0.3 is 0 Å². The van der Waals surface area contributed by atoms with E-state index in [0.717, 1.165) is 43.8 Å². The van der Waals surface area contributed by atoms with Gasteiger partial charge in [0.15, 0.2) is 6.29 Å². The second kappa shape index (κ2) is 5.59. The van der Waals surface area contributed by atoms with Gasteiger partial charge < -0.3 is 18.9 Å². The average molecular weight is 292 g/mol. The molecule has 1 aromatic carbocycles. The van der Waals surface area contributed by atoms with Gasteiger partial charge in [0.1, 0.15) is 5.75 Å². The summed E-state index contributed by atoms with van der Waals surface area (Å²) >= 11 is 0. The molecule has 1 aromatic rings. The maximum atomic E-state index is 6.37. The van der Waals surface area contributed by atoms with Crippen LogP contribution >= 0.6 is 0 Å². The van der Waals surface area contributed by atoms with E-state index in [4.69, 9.17) is 18.9 Å². The molecule has 2 heterocycles. The highest BCUT2D eigenvalue weighted by molar-refractivity contribution is 5.28. The third-order valence-electron chi connectivity index (χ3n) is 4.37. The van der Waals surface area contributed by atoms with E-state index in [-0.39, 0.29) is 17.5 Å². The van der Waals surface area contributed by atoms with Crippen LogP contribution in [0.2, 0.25) is 0 Å². The zero-order valence-electron chi connectivity index (χ0n) is 13.1. The summed E-state index contributed by atoms with van der Waals surface area (Å²) in [6.07, 6.45) is 2.49. The minimum atomic E-state index is -0.293. The zero-order valence-corrected chi connectivity index (χ0v) is 13.1. The summed E-state index contributed by atoms with van der Waals surface area (Å²) in [6, 6.07) is 7.90. The average Bonchev–Trinajstić information content (AvgIpc) is 2.46. The molecular weight excluding hydrogens is 268 g/mol. The predicted molar refractivity (Wildman–Crippen MR) is 79.4 cm³/mol. The van der Waals surface area contributed by atoms with Gasteiger partial charge in [-0.15, -0.1) is 0 Å². The fraction of sp³-hybridized carbons (Fsp3) is 0.647. The summed E-state index contributed by atoms with van der Waals surface area (Å²) in [5, 5.41) is 0. The predicted octanol–water partition coefficient (Wildman–Crippen LogP) is 3.46. The van der Waals surface area contributed by atoms with E-state index >= 15 is 0 Å². The summed E-state index contributed by atoms with van der Waals surface area (Å²) in [4.78, 5) is 0. The van der Waals surface area contributed by atoms with Crippen LogP contribution in [0.3, 0.4) is 0 Å². The van der Waals surface area contributed by atoms with Crippen molar-refractivity contribution in [1.29, 1.82) is 0 Å². The van der Waals surface area contributed by atoms with Crippen molar-refractivity contribution in [2.75, 3.05) is 20.3 Å². The molecule has 116 valence electrons. The van der Waals surface area contributed by atoms with Crippen LogP contribution in [-0.2, 0) is 14.2 Å². The molecule has 3 rings (SSSR count). The third-order valence-corrected chi connectivity index (χ3v) is 4.37. The highest BCUT2D eigenvalue weighted by atomic mass is 16.7. The van der Waals surface area contributed by atoms with Crippen molar-refractivity contribution in [3.05, 3.63) is 29.8 Å². The topological polar surface area (TPSA) is 36.9 Å². The minimum absolute atomic E-state index is 0.120. The van der Waals surface area contributed by atoms with Crippen molar-refractivity contribution in [3.8, 4) is 5.75 Å². The van der Waals surface area contributed by atoms with Crippen molar-refractivity contribution in [2.24, 2.45) is 0 Å². The summed E-state index contributed by atoms with van der Waals surface area (Å²) in [5.41, 5.74) is 0.796. The van der Waals surface area contributed by atoms with Crippen LogP contribution in [0.4, 0.5) is 0 Å². The van der Waals surface area contributed by atoms with Crippen molar-refractivity contribution >= 4 is 0 Å². The molecular formula is C17H24O4. The Morgan fingerprint density at radius 1 is 1.10 bits per heavy atom. The van der Waals surface area contributed by atoms with Crippen LogP contribution in [0.1, 0.15) is 45.0 Å². The highest BCUT2D eigenvalue weighted by Crippen LogP contribution is 2.43. The van der Waals surface area contributed by atoms with Crippen LogP contribution in [0.25, 0.3) is 0 Å². The van der Waals surface area contributed by atoms with E-state index in [2.05, 4.69) is 13.8 Å². The number of benzene rings is 1. The lowest BCUT2D eigenvalue weighted by atomic mass is 9.81. The molecule has 0 aromatic heterocycles. The van der Waals surface area contributed by atoms with Crippen LogP contribution in [0.5, 0.6) is 5.75 Å². The van der Waals surface area contributed by atoms with Crippen LogP contribution in [-0.4, -0.2) is 31.5 Å².